The van der Waals surface area contributed by atoms with E-state index in [2.05, 4.69) is 232 Å². The van der Waals surface area contributed by atoms with Gasteiger partial charge in [0, 0.05) is 27.3 Å². The molecule has 0 fully saturated rings. The number of rotatable bonds is 5. The minimum atomic E-state index is -0.234. The van der Waals surface area contributed by atoms with Crippen LogP contribution in [0.2, 0.25) is 0 Å². The summed E-state index contributed by atoms with van der Waals surface area (Å²) >= 11 is 0. The average molecular weight is 745 g/mol. The van der Waals surface area contributed by atoms with Crippen LogP contribution in [0.1, 0.15) is 49.9 Å². The van der Waals surface area contributed by atoms with Crippen LogP contribution in [-0.4, -0.2) is 0 Å². The molecule has 9 aromatic rings. The number of nitrogens with zero attached hydrogens (tertiary/aromatic N) is 2. The highest BCUT2D eigenvalue weighted by Crippen LogP contribution is 2.57. The van der Waals surface area contributed by atoms with Crippen LogP contribution in [-0.2, 0) is 10.8 Å². The van der Waals surface area contributed by atoms with E-state index in [9.17, 15) is 0 Å². The van der Waals surface area contributed by atoms with Crippen molar-refractivity contribution < 1.29 is 0 Å². The second kappa shape index (κ2) is 12.8. The van der Waals surface area contributed by atoms with Crippen molar-refractivity contribution in [1.29, 1.82) is 0 Å². The summed E-state index contributed by atoms with van der Waals surface area (Å²) in [6.45, 7) is 9.50. The third-order valence-corrected chi connectivity index (χ3v) is 13.0. The standard InChI is InChI=1S/C56H44N2/c1-55(2)46-25-13-12-24-44(46)45-32-29-39(35-49(45)55)40-30-33-48-53(36-40)58(51-27-15-14-26-47(51)56(48,3)4)54-43-23-11-9-18-38(43)31-34-52(54)57(41-20-6-5-7-21-41)50-28-16-19-37-17-8-10-22-42(37)50/h5-36H,1-4H3. The smallest absolute Gasteiger partial charge is 0.0781 e. The first-order chi connectivity index (χ1) is 28.3. The molecular weight excluding hydrogens is 701 g/mol. The van der Waals surface area contributed by atoms with Gasteiger partial charge in [0.2, 0.25) is 0 Å². The van der Waals surface area contributed by atoms with Gasteiger partial charge in [-0.25, -0.2) is 0 Å². The Hall–Kier alpha value is -6.90. The SMILES string of the molecule is CC1(C)c2ccccc2-c2ccc(-c3ccc4c(c3)N(c3c(N(c5ccccc5)c5cccc6ccccc56)ccc5ccccc35)c3ccccc3C4(C)C)cc21. The summed E-state index contributed by atoms with van der Waals surface area (Å²) in [5.41, 5.74) is 17.1. The Bertz CT molecular complexity index is 3080. The van der Waals surface area contributed by atoms with Crippen molar-refractivity contribution >= 4 is 55.7 Å². The normalized spacial score (nSPS) is 14.4. The van der Waals surface area contributed by atoms with Gasteiger partial charge in [-0.1, -0.05) is 179 Å². The fourth-order valence-corrected chi connectivity index (χ4v) is 10.1. The van der Waals surface area contributed by atoms with Crippen molar-refractivity contribution in [2.75, 3.05) is 9.80 Å². The molecule has 2 heteroatoms. The zero-order valence-electron chi connectivity index (χ0n) is 33.4. The number of hydrogen-bond acceptors (Lipinski definition) is 2. The van der Waals surface area contributed by atoms with Gasteiger partial charge in [-0.2, -0.15) is 0 Å². The van der Waals surface area contributed by atoms with Crippen molar-refractivity contribution in [2.24, 2.45) is 0 Å². The van der Waals surface area contributed by atoms with Crippen molar-refractivity contribution in [3.63, 3.8) is 0 Å². The van der Waals surface area contributed by atoms with E-state index in [1.165, 1.54) is 77.4 Å². The highest BCUT2D eigenvalue weighted by Gasteiger charge is 2.39. The van der Waals surface area contributed by atoms with E-state index in [4.69, 9.17) is 0 Å². The van der Waals surface area contributed by atoms with E-state index >= 15 is 0 Å². The Labute approximate surface area is 341 Å². The van der Waals surface area contributed by atoms with Gasteiger partial charge in [-0.15, -0.1) is 0 Å². The maximum atomic E-state index is 2.57. The molecule has 0 aromatic heterocycles. The molecule has 0 unspecified atom stereocenters. The van der Waals surface area contributed by atoms with Crippen LogP contribution in [0.5, 0.6) is 0 Å². The molecule has 0 N–H and O–H groups in total. The molecule has 0 saturated heterocycles. The third-order valence-electron chi connectivity index (χ3n) is 13.0. The van der Waals surface area contributed by atoms with Crippen molar-refractivity contribution in [3.05, 3.63) is 216 Å². The second-order valence-electron chi connectivity index (χ2n) is 17.0. The molecule has 58 heavy (non-hydrogen) atoms. The zero-order valence-corrected chi connectivity index (χ0v) is 33.4. The Morgan fingerprint density at radius 1 is 0.379 bits per heavy atom. The molecule has 1 aliphatic carbocycles. The van der Waals surface area contributed by atoms with E-state index in [0.717, 1.165) is 22.7 Å². The van der Waals surface area contributed by atoms with Gasteiger partial charge in [0.05, 0.1) is 28.4 Å². The third kappa shape index (κ3) is 5.04. The second-order valence-corrected chi connectivity index (χ2v) is 17.0. The molecule has 0 amide bonds. The molecule has 0 saturated carbocycles. The predicted molar refractivity (Wildman–Crippen MR) is 246 cm³/mol. The summed E-state index contributed by atoms with van der Waals surface area (Å²) in [5.74, 6) is 0. The number of fused-ring (bicyclic) bond motifs is 7. The summed E-state index contributed by atoms with van der Waals surface area (Å²) in [6.07, 6.45) is 0. The van der Waals surface area contributed by atoms with Gasteiger partial charge >= 0.3 is 0 Å². The average Bonchev–Trinajstić information content (AvgIpc) is 3.50. The van der Waals surface area contributed by atoms with Gasteiger partial charge in [0.1, 0.15) is 0 Å². The summed E-state index contributed by atoms with van der Waals surface area (Å²) in [4.78, 5) is 5.04. The molecule has 278 valence electrons. The minimum absolute atomic E-state index is 0.0799. The van der Waals surface area contributed by atoms with Gasteiger partial charge in [0.15, 0.2) is 0 Å². The van der Waals surface area contributed by atoms with Crippen LogP contribution in [0.15, 0.2) is 194 Å². The van der Waals surface area contributed by atoms with Gasteiger partial charge in [-0.3, -0.25) is 0 Å². The molecule has 11 rings (SSSR count). The molecule has 0 bridgehead atoms. The first kappa shape index (κ1) is 34.4. The van der Waals surface area contributed by atoms with Crippen molar-refractivity contribution in [3.8, 4) is 22.3 Å². The number of para-hydroxylation sites is 2. The fraction of sp³-hybridized carbons (Fsp3) is 0.107. The quantitative estimate of drug-likeness (QED) is 0.173. The van der Waals surface area contributed by atoms with Crippen molar-refractivity contribution in [2.45, 2.75) is 38.5 Å². The molecule has 9 aromatic carbocycles. The number of benzene rings is 9. The Morgan fingerprint density at radius 2 is 0.966 bits per heavy atom. The predicted octanol–water partition coefficient (Wildman–Crippen LogP) is 15.5. The number of anilines is 6. The number of hydrogen-bond donors (Lipinski definition) is 0. The monoisotopic (exact) mass is 744 g/mol. The highest BCUT2D eigenvalue weighted by atomic mass is 15.2. The van der Waals surface area contributed by atoms with Crippen LogP contribution in [0.3, 0.4) is 0 Å². The molecule has 2 nitrogen and oxygen atoms in total. The molecule has 0 radical (unpaired) electrons. The summed E-state index contributed by atoms with van der Waals surface area (Å²) in [6, 6.07) is 72.0. The maximum absolute atomic E-state index is 2.57. The molecule has 0 atom stereocenters. The summed E-state index contributed by atoms with van der Waals surface area (Å²) in [5, 5.41) is 4.82. The lowest BCUT2D eigenvalue weighted by Crippen LogP contribution is -2.31. The van der Waals surface area contributed by atoms with Gasteiger partial charge in [-0.05, 0) is 97.7 Å². The van der Waals surface area contributed by atoms with Crippen LogP contribution in [0.25, 0.3) is 43.8 Å². The van der Waals surface area contributed by atoms with Crippen molar-refractivity contribution in [1.82, 2.24) is 0 Å². The summed E-state index contributed by atoms with van der Waals surface area (Å²) < 4.78 is 0. The van der Waals surface area contributed by atoms with Gasteiger partial charge in [0.25, 0.3) is 0 Å². The minimum Gasteiger partial charge on any atom is -0.308 e. The lowest BCUT2D eigenvalue weighted by atomic mass is 9.73. The Kier molecular flexibility index (Phi) is 7.59. The lowest BCUT2D eigenvalue weighted by Gasteiger charge is -2.44. The topological polar surface area (TPSA) is 6.48 Å². The van der Waals surface area contributed by atoms with Gasteiger partial charge < -0.3 is 9.80 Å². The zero-order chi connectivity index (χ0) is 39.2. The largest absolute Gasteiger partial charge is 0.308 e. The van der Waals surface area contributed by atoms with Crippen LogP contribution < -0.4 is 9.80 Å². The Morgan fingerprint density at radius 3 is 1.79 bits per heavy atom. The van der Waals surface area contributed by atoms with E-state index < -0.39 is 0 Å². The van der Waals surface area contributed by atoms with Crippen LogP contribution >= 0.6 is 0 Å². The van der Waals surface area contributed by atoms with Crippen LogP contribution in [0.4, 0.5) is 34.1 Å². The highest BCUT2D eigenvalue weighted by molar-refractivity contribution is 6.10. The molecule has 0 spiro atoms. The molecule has 1 heterocycles. The van der Waals surface area contributed by atoms with E-state index in [-0.39, 0.29) is 10.8 Å². The first-order valence-corrected chi connectivity index (χ1v) is 20.4. The first-order valence-electron chi connectivity index (χ1n) is 20.4. The fourth-order valence-electron chi connectivity index (χ4n) is 10.1. The van der Waals surface area contributed by atoms with E-state index in [1.807, 2.05) is 0 Å². The van der Waals surface area contributed by atoms with E-state index in [1.54, 1.807) is 0 Å². The molecule has 2 aliphatic rings. The molecule has 1 aliphatic heterocycles. The summed E-state index contributed by atoms with van der Waals surface area (Å²) in [7, 11) is 0. The van der Waals surface area contributed by atoms with E-state index in [0.29, 0.717) is 0 Å². The lowest BCUT2D eigenvalue weighted by molar-refractivity contribution is 0.632. The van der Waals surface area contributed by atoms with Crippen LogP contribution in [0, 0.1) is 0 Å². The Balaban J connectivity index is 1.20. The maximum Gasteiger partial charge on any atom is 0.0781 e. The molecular formula is C56H44N2.